The summed E-state index contributed by atoms with van der Waals surface area (Å²) in [7, 11) is 0. The fourth-order valence-electron chi connectivity index (χ4n) is 2.23. The standard InChI is InChI=1S/C15H17BrFN3/c1-9-5-10(2)15(19-8-9)14(20-18)6-11-3-4-12(16)7-13(11)17/h3-5,7-8,14,20H,6,18H2,1-2H3. The van der Waals surface area contributed by atoms with Crippen LogP contribution in [-0.2, 0) is 6.42 Å². The molecule has 20 heavy (non-hydrogen) atoms. The van der Waals surface area contributed by atoms with E-state index in [1.54, 1.807) is 12.3 Å². The molecule has 3 nitrogen and oxygen atoms in total. The lowest BCUT2D eigenvalue weighted by atomic mass is 9.99. The second-order valence-electron chi connectivity index (χ2n) is 4.87. The Morgan fingerprint density at radius 2 is 2.10 bits per heavy atom. The first-order valence-corrected chi connectivity index (χ1v) is 7.13. The molecule has 0 amide bonds. The Hall–Kier alpha value is -1.30. The third kappa shape index (κ3) is 3.42. The van der Waals surface area contributed by atoms with Gasteiger partial charge in [0, 0.05) is 10.7 Å². The van der Waals surface area contributed by atoms with Crippen molar-refractivity contribution in [1.29, 1.82) is 0 Å². The number of hydrogen-bond acceptors (Lipinski definition) is 3. The topological polar surface area (TPSA) is 50.9 Å². The molecule has 1 atom stereocenters. The van der Waals surface area contributed by atoms with Crippen molar-refractivity contribution in [2.75, 3.05) is 0 Å². The number of aryl methyl sites for hydroxylation is 2. The number of hydrazine groups is 1. The van der Waals surface area contributed by atoms with Gasteiger partial charge in [-0.2, -0.15) is 0 Å². The Morgan fingerprint density at radius 3 is 2.70 bits per heavy atom. The van der Waals surface area contributed by atoms with Crippen LogP contribution in [0.15, 0.2) is 34.9 Å². The second-order valence-corrected chi connectivity index (χ2v) is 5.79. The maximum absolute atomic E-state index is 13.9. The summed E-state index contributed by atoms with van der Waals surface area (Å²) in [4.78, 5) is 4.42. The summed E-state index contributed by atoms with van der Waals surface area (Å²) in [5, 5.41) is 0. The van der Waals surface area contributed by atoms with Gasteiger partial charge in [0.15, 0.2) is 0 Å². The molecule has 106 valence electrons. The van der Waals surface area contributed by atoms with E-state index in [9.17, 15) is 4.39 Å². The third-order valence-corrected chi connectivity index (χ3v) is 3.72. The normalized spacial score (nSPS) is 12.4. The molecule has 0 radical (unpaired) electrons. The predicted octanol–water partition coefficient (Wildman–Crippen LogP) is 3.35. The van der Waals surface area contributed by atoms with Crippen LogP contribution in [0.5, 0.6) is 0 Å². The van der Waals surface area contributed by atoms with Crippen LogP contribution < -0.4 is 11.3 Å². The van der Waals surface area contributed by atoms with Crippen LogP contribution in [-0.4, -0.2) is 4.98 Å². The molecule has 0 fully saturated rings. The lowest BCUT2D eigenvalue weighted by molar-refractivity contribution is 0.516. The molecule has 0 aliphatic rings. The molecule has 0 bridgehead atoms. The van der Waals surface area contributed by atoms with Crippen LogP contribution in [0.4, 0.5) is 4.39 Å². The quantitative estimate of drug-likeness (QED) is 0.664. The largest absolute Gasteiger partial charge is 0.271 e. The van der Waals surface area contributed by atoms with Crippen LogP contribution in [0, 0.1) is 19.7 Å². The molecule has 2 aromatic rings. The van der Waals surface area contributed by atoms with Gasteiger partial charge >= 0.3 is 0 Å². The van der Waals surface area contributed by atoms with Gasteiger partial charge in [-0.1, -0.05) is 28.1 Å². The molecule has 1 unspecified atom stereocenters. The van der Waals surface area contributed by atoms with E-state index in [1.165, 1.54) is 6.07 Å². The van der Waals surface area contributed by atoms with Gasteiger partial charge in [-0.15, -0.1) is 0 Å². The van der Waals surface area contributed by atoms with Crippen LogP contribution in [0.25, 0.3) is 0 Å². The summed E-state index contributed by atoms with van der Waals surface area (Å²) < 4.78 is 14.6. The van der Waals surface area contributed by atoms with Gasteiger partial charge in [-0.05, 0) is 49.1 Å². The molecule has 3 N–H and O–H groups in total. The lowest BCUT2D eigenvalue weighted by Crippen LogP contribution is -2.31. The Kier molecular flexibility index (Phi) is 4.86. The highest BCUT2D eigenvalue weighted by Crippen LogP contribution is 2.23. The van der Waals surface area contributed by atoms with Crippen molar-refractivity contribution in [3.63, 3.8) is 0 Å². The van der Waals surface area contributed by atoms with E-state index >= 15 is 0 Å². The molecular formula is C15H17BrFN3. The second kappa shape index (κ2) is 6.43. The summed E-state index contributed by atoms with van der Waals surface area (Å²) >= 11 is 3.25. The molecule has 1 aromatic heterocycles. The highest BCUT2D eigenvalue weighted by atomic mass is 79.9. The maximum Gasteiger partial charge on any atom is 0.127 e. The Balaban J connectivity index is 2.28. The van der Waals surface area contributed by atoms with Crippen molar-refractivity contribution >= 4 is 15.9 Å². The van der Waals surface area contributed by atoms with Gasteiger partial charge in [0.1, 0.15) is 5.82 Å². The lowest BCUT2D eigenvalue weighted by Gasteiger charge is -2.18. The maximum atomic E-state index is 13.9. The first-order chi connectivity index (χ1) is 9.51. The first-order valence-electron chi connectivity index (χ1n) is 6.34. The van der Waals surface area contributed by atoms with E-state index in [2.05, 4.69) is 26.3 Å². The monoisotopic (exact) mass is 337 g/mol. The van der Waals surface area contributed by atoms with Crippen LogP contribution in [0.2, 0.25) is 0 Å². The molecule has 2 rings (SSSR count). The predicted molar refractivity (Wildman–Crippen MR) is 81.6 cm³/mol. The zero-order chi connectivity index (χ0) is 14.7. The average Bonchev–Trinajstić information content (AvgIpc) is 2.39. The van der Waals surface area contributed by atoms with Gasteiger partial charge in [0.25, 0.3) is 0 Å². The van der Waals surface area contributed by atoms with Crippen molar-refractivity contribution in [1.82, 2.24) is 10.4 Å². The number of pyridine rings is 1. The van der Waals surface area contributed by atoms with E-state index < -0.39 is 0 Å². The molecule has 1 heterocycles. The van der Waals surface area contributed by atoms with Crippen LogP contribution >= 0.6 is 15.9 Å². The molecule has 0 aliphatic heterocycles. The van der Waals surface area contributed by atoms with Crippen molar-refractivity contribution in [2.45, 2.75) is 26.3 Å². The zero-order valence-corrected chi connectivity index (χ0v) is 13.0. The first kappa shape index (κ1) is 15.1. The van der Waals surface area contributed by atoms with Crippen LogP contribution in [0.3, 0.4) is 0 Å². The van der Waals surface area contributed by atoms with Crippen molar-refractivity contribution in [2.24, 2.45) is 5.84 Å². The Bertz CT molecular complexity index is 616. The fourth-order valence-corrected chi connectivity index (χ4v) is 2.57. The minimum absolute atomic E-state index is 0.216. The molecule has 5 heteroatoms. The highest BCUT2D eigenvalue weighted by molar-refractivity contribution is 9.10. The molecule has 0 spiro atoms. The molecule has 1 aromatic carbocycles. The zero-order valence-electron chi connectivity index (χ0n) is 11.5. The minimum Gasteiger partial charge on any atom is -0.271 e. The van der Waals surface area contributed by atoms with Gasteiger partial charge in [-0.3, -0.25) is 16.3 Å². The van der Waals surface area contributed by atoms with Gasteiger partial charge in [0.2, 0.25) is 0 Å². The number of nitrogens with two attached hydrogens (primary N) is 1. The number of benzene rings is 1. The van der Waals surface area contributed by atoms with Crippen molar-refractivity contribution < 1.29 is 4.39 Å². The molecule has 0 saturated carbocycles. The van der Waals surface area contributed by atoms with Crippen molar-refractivity contribution in [3.8, 4) is 0 Å². The number of hydrogen-bond donors (Lipinski definition) is 2. The van der Waals surface area contributed by atoms with E-state index in [0.717, 1.165) is 21.3 Å². The van der Waals surface area contributed by atoms with E-state index in [4.69, 9.17) is 5.84 Å². The number of nitrogens with one attached hydrogen (secondary N) is 1. The average molecular weight is 338 g/mol. The summed E-state index contributed by atoms with van der Waals surface area (Å²) in [6.45, 7) is 3.97. The molecule has 0 aliphatic carbocycles. The molecule has 0 saturated heterocycles. The van der Waals surface area contributed by atoms with Gasteiger partial charge in [-0.25, -0.2) is 4.39 Å². The summed E-state index contributed by atoms with van der Waals surface area (Å²) in [6, 6.07) is 6.86. The van der Waals surface area contributed by atoms with E-state index in [0.29, 0.717) is 12.0 Å². The van der Waals surface area contributed by atoms with Gasteiger partial charge < -0.3 is 0 Å². The summed E-state index contributed by atoms with van der Waals surface area (Å²) in [5.41, 5.74) is 6.33. The minimum atomic E-state index is -0.246. The third-order valence-electron chi connectivity index (χ3n) is 3.23. The molecular weight excluding hydrogens is 321 g/mol. The van der Waals surface area contributed by atoms with E-state index in [1.807, 2.05) is 26.0 Å². The van der Waals surface area contributed by atoms with Gasteiger partial charge in [0.05, 0.1) is 11.7 Å². The Labute approximate surface area is 126 Å². The number of rotatable bonds is 4. The highest BCUT2D eigenvalue weighted by Gasteiger charge is 2.16. The van der Waals surface area contributed by atoms with Crippen molar-refractivity contribution in [3.05, 3.63) is 63.1 Å². The van der Waals surface area contributed by atoms with E-state index in [-0.39, 0.29) is 11.9 Å². The summed E-state index contributed by atoms with van der Waals surface area (Å²) in [6.07, 6.45) is 2.25. The Morgan fingerprint density at radius 1 is 1.35 bits per heavy atom. The number of aromatic nitrogens is 1. The fraction of sp³-hybridized carbons (Fsp3) is 0.267. The summed E-state index contributed by atoms with van der Waals surface area (Å²) in [5.74, 6) is 5.37. The number of halogens is 2. The smallest absolute Gasteiger partial charge is 0.127 e. The SMILES string of the molecule is Cc1cnc(C(Cc2ccc(Br)cc2F)NN)c(C)c1. The number of nitrogens with zero attached hydrogens (tertiary/aromatic N) is 1. The van der Waals surface area contributed by atoms with Crippen LogP contribution in [0.1, 0.15) is 28.4 Å².